The van der Waals surface area contributed by atoms with Crippen LogP contribution in [0.25, 0.3) is 0 Å². The van der Waals surface area contributed by atoms with Crippen LogP contribution < -0.4 is 0 Å². The minimum Gasteiger partial charge on any atom is -0.396 e. The fourth-order valence-corrected chi connectivity index (χ4v) is 9.77. The zero-order valence-electron chi connectivity index (χ0n) is 21.9. The molecule has 0 aromatic rings. The number of likely N-dealkylation sites (tertiary alicyclic amines) is 1. The second-order valence-electron chi connectivity index (χ2n) is 11.1. The Balaban J connectivity index is 1.73. The second kappa shape index (κ2) is 11.3. The van der Waals surface area contributed by atoms with Gasteiger partial charge in [-0.3, -0.25) is 14.4 Å². The highest BCUT2D eigenvalue weighted by Gasteiger charge is 2.76. The number of fused-ring (bicyclic) bond motifs is 1. The van der Waals surface area contributed by atoms with Crippen LogP contribution >= 0.6 is 11.8 Å². The smallest absolute Gasteiger partial charge is 0.247 e. The highest BCUT2D eigenvalue weighted by Crippen LogP contribution is 2.69. The first kappa shape index (κ1) is 27.2. The SMILES string of the molecule is C=CCN(C)C(=O)[C@@H]1[C@H]2C(=O)N(CCCCO)C(C(=O)N(CC=C)C3CCCCC3)C23S[C@@H]1CC3C. The number of nitrogens with zero attached hydrogens (tertiary/aromatic N) is 3. The van der Waals surface area contributed by atoms with Gasteiger partial charge in [-0.05, 0) is 38.0 Å². The average molecular weight is 518 g/mol. The van der Waals surface area contributed by atoms with Crippen LogP contribution in [0.4, 0.5) is 0 Å². The highest BCUT2D eigenvalue weighted by molar-refractivity contribution is 8.02. The van der Waals surface area contributed by atoms with E-state index in [9.17, 15) is 19.5 Å². The summed E-state index contributed by atoms with van der Waals surface area (Å²) >= 11 is 1.74. The lowest BCUT2D eigenvalue weighted by Gasteiger charge is -2.43. The number of likely N-dealkylation sites (N-methyl/N-ethyl adjacent to an activating group) is 1. The summed E-state index contributed by atoms with van der Waals surface area (Å²) in [4.78, 5) is 47.7. The van der Waals surface area contributed by atoms with E-state index >= 15 is 0 Å². The predicted octanol–water partition coefficient (Wildman–Crippen LogP) is 3.09. The van der Waals surface area contributed by atoms with Crippen molar-refractivity contribution in [1.82, 2.24) is 14.7 Å². The predicted molar refractivity (Wildman–Crippen MR) is 143 cm³/mol. The van der Waals surface area contributed by atoms with E-state index in [0.717, 1.165) is 32.1 Å². The topological polar surface area (TPSA) is 81.2 Å². The van der Waals surface area contributed by atoms with Crippen molar-refractivity contribution in [3.8, 4) is 0 Å². The van der Waals surface area contributed by atoms with E-state index in [1.807, 2.05) is 4.90 Å². The van der Waals surface area contributed by atoms with Crippen LogP contribution in [-0.2, 0) is 14.4 Å². The maximum atomic E-state index is 14.5. The lowest BCUT2D eigenvalue weighted by molar-refractivity contribution is -0.145. The molecule has 0 aromatic heterocycles. The molecule has 2 bridgehead atoms. The fourth-order valence-electron chi connectivity index (χ4n) is 7.36. The van der Waals surface area contributed by atoms with Gasteiger partial charge in [-0.25, -0.2) is 0 Å². The third-order valence-corrected chi connectivity index (χ3v) is 11.1. The van der Waals surface area contributed by atoms with Gasteiger partial charge in [0.1, 0.15) is 6.04 Å². The van der Waals surface area contributed by atoms with Crippen molar-refractivity contribution in [2.45, 2.75) is 80.4 Å². The van der Waals surface area contributed by atoms with Crippen LogP contribution in [-0.4, -0.2) is 92.9 Å². The zero-order chi connectivity index (χ0) is 26.0. The maximum absolute atomic E-state index is 14.5. The molecule has 3 aliphatic heterocycles. The molecule has 1 N–H and O–H groups in total. The Labute approximate surface area is 220 Å². The van der Waals surface area contributed by atoms with Crippen LogP contribution in [0.15, 0.2) is 25.3 Å². The van der Waals surface area contributed by atoms with Gasteiger partial charge in [-0.1, -0.05) is 38.3 Å². The minimum absolute atomic E-state index is 0.0156. The Morgan fingerprint density at radius 3 is 2.47 bits per heavy atom. The monoisotopic (exact) mass is 517 g/mol. The van der Waals surface area contributed by atoms with Gasteiger partial charge in [0.25, 0.3) is 0 Å². The number of aliphatic hydroxyl groups is 1. The first-order chi connectivity index (χ1) is 17.3. The Bertz CT molecular complexity index is 875. The average Bonchev–Trinajstić information content (AvgIpc) is 3.46. The van der Waals surface area contributed by atoms with Crippen LogP contribution in [0.5, 0.6) is 0 Å². The number of unbranched alkanes of at least 4 members (excludes halogenated alkanes) is 1. The number of carbonyl (C=O) groups is 3. The van der Waals surface area contributed by atoms with Crippen LogP contribution in [0, 0.1) is 17.8 Å². The molecule has 200 valence electrons. The summed E-state index contributed by atoms with van der Waals surface area (Å²) < 4.78 is -0.596. The number of rotatable bonds is 11. The summed E-state index contributed by atoms with van der Waals surface area (Å²) in [5.41, 5.74) is 0. The molecule has 3 saturated heterocycles. The molecule has 36 heavy (non-hydrogen) atoms. The summed E-state index contributed by atoms with van der Waals surface area (Å²) in [5, 5.41) is 9.44. The van der Waals surface area contributed by atoms with Crippen LogP contribution in [0.1, 0.15) is 58.3 Å². The van der Waals surface area contributed by atoms with Gasteiger partial charge in [0.2, 0.25) is 17.7 Å². The maximum Gasteiger partial charge on any atom is 0.247 e. The van der Waals surface area contributed by atoms with Gasteiger partial charge < -0.3 is 19.8 Å². The van der Waals surface area contributed by atoms with Crippen molar-refractivity contribution in [3.63, 3.8) is 0 Å². The lowest BCUT2D eigenvalue weighted by Crippen LogP contribution is -2.59. The van der Waals surface area contributed by atoms with Crippen molar-refractivity contribution in [3.05, 3.63) is 25.3 Å². The summed E-state index contributed by atoms with van der Waals surface area (Å²) in [6, 6.07) is -0.410. The Morgan fingerprint density at radius 2 is 1.83 bits per heavy atom. The van der Waals surface area contributed by atoms with Gasteiger partial charge in [-0.2, -0.15) is 0 Å². The number of carbonyl (C=O) groups excluding carboxylic acids is 3. The first-order valence-corrected chi connectivity index (χ1v) is 14.6. The van der Waals surface area contributed by atoms with Crippen molar-refractivity contribution in [2.24, 2.45) is 17.8 Å². The molecule has 3 heterocycles. The van der Waals surface area contributed by atoms with E-state index in [0.29, 0.717) is 32.5 Å². The van der Waals surface area contributed by atoms with Gasteiger partial charge in [-0.15, -0.1) is 24.9 Å². The molecular weight excluding hydrogens is 474 g/mol. The van der Waals surface area contributed by atoms with Crippen LogP contribution in [0.3, 0.4) is 0 Å². The molecule has 8 heteroatoms. The molecule has 7 nitrogen and oxygen atoms in total. The lowest BCUT2D eigenvalue weighted by atomic mass is 9.65. The molecule has 1 saturated carbocycles. The molecule has 1 aliphatic carbocycles. The minimum atomic E-state index is -0.596. The number of amides is 3. The number of thioether (sulfide) groups is 1. The van der Waals surface area contributed by atoms with Gasteiger partial charge in [0.05, 0.1) is 16.6 Å². The van der Waals surface area contributed by atoms with Gasteiger partial charge >= 0.3 is 0 Å². The van der Waals surface area contributed by atoms with Gasteiger partial charge in [0, 0.05) is 44.6 Å². The fraction of sp³-hybridized carbons (Fsp3) is 0.750. The molecule has 4 fully saturated rings. The molecule has 4 rings (SSSR count). The third kappa shape index (κ3) is 4.42. The summed E-state index contributed by atoms with van der Waals surface area (Å²) in [6.07, 6.45) is 11.0. The number of hydrogen-bond acceptors (Lipinski definition) is 5. The Hall–Kier alpha value is -1.80. The van der Waals surface area contributed by atoms with Crippen molar-refractivity contribution in [1.29, 1.82) is 0 Å². The number of hydrogen-bond donors (Lipinski definition) is 1. The van der Waals surface area contributed by atoms with Crippen molar-refractivity contribution < 1.29 is 19.5 Å². The van der Waals surface area contributed by atoms with E-state index in [1.54, 1.807) is 40.8 Å². The van der Waals surface area contributed by atoms with E-state index in [4.69, 9.17) is 0 Å². The largest absolute Gasteiger partial charge is 0.396 e. The van der Waals surface area contributed by atoms with Crippen LogP contribution in [0.2, 0.25) is 0 Å². The molecule has 0 aromatic carbocycles. The normalized spacial score (nSPS) is 33.5. The zero-order valence-corrected chi connectivity index (χ0v) is 22.8. The van der Waals surface area contributed by atoms with E-state index in [-0.39, 0.29) is 41.5 Å². The second-order valence-corrected chi connectivity index (χ2v) is 12.6. The Morgan fingerprint density at radius 1 is 1.14 bits per heavy atom. The first-order valence-electron chi connectivity index (χ1n) is 13.7. The summed E-state index contributed by atoms with van der Waals surface area (Å²) in [5.74, 6) is -0.794. The van der Waals surface area contributed by atoms with E-state index in [2.05, 4.69) is 20.1 Å². The Kier molecular flexibility index (Phi) is 8.55. The summed E-state index contributed by atoms with van der Waals surface area (Å²) in [7, 11) is 1.77. The summed E-state index contributed by atoms with van der Waals surface area (Å²) in [6.45, 7) is 11.3. The molecule has 4 aliphatic rings. The van der Waals surface area contributed by atoms with E-state index in [1.165, 1.54) is 6.42 Å². The standard InChI is InChI=1S/C28H43N3O4S/c1-5-14-29(4)25(33)22-21-18-19(3)28(36-21)23(22)26(34)31(16-10-11-17-32)24(28)27(35)30(15-6-2)20-12-8-7-9-13-20/h5-6,19-24,32H,1-2,7-18H2,3-4H3/t19?,21-,22+,23+,24?,28?/m1/s1. The molecule has 1 spiro atoms. The number of aliphatic hydroxyl groups excluding tert-OH is 1. The quantitative estimate of drug-likeness (QED) is 0.337. The van der Waals surface area contributed by atoms with E-state index < -0.39 is 22.6 Å². The molecule has 6 atom stereocenters. The molecule has 3 amide bonds. The molecular formula is C28H43N3O4S. The van der Waals surface area contributed by atoms with Crippen molar-refractivity contribution in [2.75, 3.05) is 33.3 Å². The molecule has 0 radical (unpaired) electrons. The highest BCUT2D eigenvalue weighted by atomic mass is 32.2. The van der Waals surface area contributed by atoms with Crippen molar-refractivity contribution >= 4 is 29.5 Å². The molecule has 3 unspecified atom stereocenters. The third-order valence-electron chi connectivity index (χ3n) is 8.98. The van der Waals surface area contributed by atoms with Gasteiger partial charge in [0.15, 0.2) is 0 Å².